The average Bonchev–Trinajstić information content (AvgIpc) is 2.90. The largest absolute Gasteiger partial charge is 0.384 e. The van der Waals surface area contributed by atoms with E-state index in [-0.39, 0.29) is 25.0 Å². The summed E-state index contributed by atoms with van der Waals surface area (Å²) in [5.74, 6) is -1.84. The van der Waals surface area contributed by atoms with E-state index in [1.54, 1.807) is 0 Å². The zero-order valence-corrected chi connectivity index (χ0v) is 8.13. The standard InChI is InChI=1S/C9H14O6/c10-7-9(12,15-7)8(11,1-5-3-13-5)2-6-4-14-6/h5-7,10-12H,1-4H2. The van der Waals surface area contributed by atoms with Crippen LogP contribution in [-0.2, 0) is 14.2 Å². The maximum atomic E-state index is 10.3. The molecule has 0 saturated carbocycles. The Kier molecular flexibility index (Phi) is 1.93. The lowest BCUT2D eigenvalue weighted by molar-refractivity contribution is -0.161. The van der Waals surface area contributed by atoms with Gasteiger partial charge >= 0.3 is 0 Å². The van der Waals surface area contributed by atoms with Crippen molar-refractivity contribution in [3.8, 4) is 0 Å². The SMILES string of the molecule is OC1OC1(O)C(O)(CC1CO1)CC1CO1. The van der Waals surface area contributed by atoms with Crippen molar-refractivity contribution in [3.05, 3.63) is 0 Å². The van der Waals surface area contributed by atoms with Crippen molar-refractivity contribution in [1.29, 1.82) is 0 Å². The summed E-state index contributed by atoms with van der Waals surface area (Å²) in [6.07, 6.45) is -0.871. The van der Waals surface area contributed by atoms with Crippen LogP contribution in [0.2, 0.25) is 0 Å². The van der Waals surface area contributed by atoms with E-state index < -0.39 is 17.7 Å². The number of aliphatic hydroxyl groups excluding tert-OH is 1. The van der Waals surface area contributed by atoms with Crippen LogP contribution >= 0.6 is 0 Å². The van der Waals surface area contributed by atoms with Gasteiger partial charge in [-0.2, -0.15) is 0 Å². The van der Waals surface area contributed by atoms with E-state index in [0.717, 1.165) is 0 Å². The first-order chi connectivity index (χ1) is 7.03. The maximum absolute atomic E-state index is 10.3. The van der Waals surface area contributed by atoms with Gasteiger partial charge in [-0.05, 0) is 0 Å². The Bertz CT molecular complexity index is 260. The highest BCUT2D eigenvalue weighted by Gasteiger charge is 2.70. The molecule has 4 unspecified atom stereocenters. The smallest absolute Gasteiger partial charge is 0.250 e. The number of epoxide rings is 3. The molecule has 3 saturated heterocycles. The molecule has 0 bridgehead atoms. The van der Waals surface area contributed by atoms with E-state index in [9.17, 15) is 15.3 Å². The zero-order chi connectivity index (χ0) is 10.7. The fourth-order valence-corrected chi connectivity index (χ4v) is 1.98. The van der Waals surface area contributed by atoms with E-state index in [1.165, 1.54) is 0 Å². The molecule has 3 N–H and O–H groups in total. The van der Waals surface area contributed by atoms with Gasteiger partial charge in [-0.15, -0.1) is 0 Å². The summed E-state index contributed by atoms with van der Waals surface area (Å²) in [6.45, 7) is 1.17. The fourth-order valence-electron chi connectivity index (χ4n) is 1.98. The molecule has 4 atom stereocenters. The van der Waals surface area contributed by atoms with Crippen LogP contribution in [0, 0.1) is 0 Å². The summed E-state index contributed by atoms with van der Waals surface area (Å²) in [5, 5.41) is 29.3. The van der Waals surface area contributed by atoms with Crippen LogP contribution < -0.4 is 0 Å². The normalized spacial score (nSPS) is 51.0. The summed E-state index contributed by atoms with van der Waals surface area (Å²) in [7, 11) is 0. The molecule has 3 heterocycles. The molecule has 3 aliphatic rings. The summed E-state index contributed by atoms with van der Waals surface area (Å²) >= 11 is 0. The van der Waals surface area contributed by atoms with Gasteiger partial charge in [-0.3, -0.25) is 0 Å². The highest BCUT2D eigenvalue weighted by molar-refractivity contribution is 5.07. The molecule has 0 aromatic carbocycles. The molecule has 0 aliphatic carbocycles. The lowest BCUT2D eigenvalue weighted by Gasteiger charge is -2.29. The first-order valence-corrected chi connectivity index (χ1v) is 5.07. The molecule has 15 heavy (non-hydrogen) atoms. The third kappa shape index (κ3) is 1.67. The van der Waals surface area contributed by atoms with Crippen LogP contribution in [0.4, 0.5) is 0 Å². The van der Waals surface area contributed by atoms with E-state index in [1.807, 2.05) is 0 Å². The van der Waals surface area contributed by atoms with Gasteiger partial charge in [0.05, 0.1) is 25.4 Å². The highest BCUT2D eigenvalue weighted by Crippen LogP contribution is 2.48. The Morgan fingerprint density at radius 1 is 1.20 bits per heavy atom. The Labute approximate surface area is 86.4 Å². The summed E-state index contributed by atoms with van der Waals surface area (Å²) < 4.78 is 14.7. The van der Waals surface area contributed by atoms with Gasteiger partial charge in [-0.25, -0.2) is 0 Å². The quantitative estimate of drug-likeness (QED) is 0.477. The van der Waals surface area contributed by atoms with Gasteiger partial charge in [0.2, 0.25) is 12.1 Å². The number of ether oxygens (including phenoxy) is 3. The van der Waals surface area contributed by atoms with Crippen molar-refractivity contribution >= 4 is 0 Å². The molecule has 6 nitrogen and oxygen atoms in total. The van der Waals surface area contributed by atoms with Gasteiger partial charge < -0.3 is 29.5 Å². The first-order valence-electron chi connectivity index (χ1n) is 5.07. The van der Waals surface area contributed by atoms with Gasteiger partial charge in [0.15, 0.2) is 0 Å². The molecule has 0 aromatic heterocycles. The Morgan fingerprint density at radius 3 is 1.87 bits per heavy atom. The van der Waals surface area contributed by atoms with Crippen molar-refractivity contribution in [2.24, 2.45) is 0 Å². The third-order valence-electron chi connectivity index (χ3n) is 3.17. The fraction of sp³-hybridized carbons (Fsp3) is 1.00. The van der Waals surface area contributed by atoms with Gasteiger partial charge in [0, 0.05) is 12.8 Å². The van der Waals surface area contributed by atoms with Crippen LogP contribution in [0.3, 0.4) is 0 Å². The molecule has 0 spiro atoms. The molecular weight excluding hydrogens is 204 g/mol. The van der Waals surface area contributed by atoms with Crippen LogP contribution in [0.5, 0.6) is 0 Å². The van der Waals surface area contributed by atoms with E-state index in [0.29, 0.717) is 13.2 Å². The van der Waals surface area contributed by atoms with Crippen LogP contribution in [-0.4, -0.2) is 58.4 Å². The van der Waals surface area contributed by atoms with Gasteiger partial charge in [-0.1, -0.05) is 0 Å². The number of hydrogen-bond donors (Lipinski definition) is 3. The second kappa shape index (κ2) is 2.91. The summed E-state index contributed by atoms with van der Waals surface area (Å²) in [6, 6.07) is 0. The number of rotatable bonds is 5. The molecular formula is C9H14O6. The molecule has 86 valence electrons. The summed E-state index contributed by atoms with van der Waals surface area (Å²) in [4.78, 5) is 0. The van der Waals surface area contributed by atoms with Gasteiger partial charge in [0.25, 0.3) is 0 Å². The molecule has 3 fully saturated rings. The number of hydrogen-bond acceptors (Lipinski definition) is 6. The van der Waals surface area contributed by atoms with Crippen molar-refractivity contribution in [2.75, 3.05) is 13.2 Å². The minimum atomic E-state index is -1.84. The number of aliphatic hydroxyl groups is 3. The zero-order valence-electron chi connectivity index (χ0n) is 8.13. The van der Waals surface area contributed by atoms with Crippen LogP contribution in [0.25, 0.3) is 0 Å². The Balaban J connectivity index is 1.72. The molecule has 0 aromatic rings. The summed E-state index contributed by atoms with van der Waals surface area (Å²) in [5.41, 5.74) is -1.48. The van der Waals surface area contributed by atoms with E-state index in [4.69, 9.17) is 9.47 Å². The predicted molar refractivity (Wildman–Crippen MR) is 45.7 cm³/mol. The van der Waals surface area contributed by atoms with Crippen LogP contribution in [0.1, 0.15) is 12.8 Å². The van der Waals surface area contributed by atoms with E-state index >= 15 is 0 Å². The first kappa shape index (κ1) is 9.95. The topological polar surface area (TPSA) is 98.3 Å². The molecule has 3 rings (SSSR count). The Hall–Kier alpha value is -0.240. The lowest BCUT2D eigenvalue weighted by atomic mass is 9.86. The van der Waals surface area contributed by atoms with Crippen LogP contribution in [0.15, 0.2) is 0 Å². The minimum absolute atomic E-state index is 0.0471. The second-order valence-corrected chi connectivity index (χ2v) is 4.52. The minimum Gasteiger partial charge on any atom is -0.384 e. The molecule has 0 amide bonds. The second-order valence-electron chi connectivity index (χ2n) is 4.52. The molecule has 0 radical (unpaired) electrons. The molecule has 6 heteroatoms. The van der Waals surface area contributed by atoms with Crippen molar-refractivity contribution in [1.82, 2.24) is 0 Å². The predicted octanol–water partition coefficient (Wildman–Crippen LogP) is -1.67. The Morgan fingerprint density at radius 2 is 1.60 bits per heavy atom. The highest BCUT2D eigenvalue weighted by atomic mass is 16.8. The third-order valence-corrected chi connectivity index (χ3v) is 3.17. The van der Waals surface area contributed by atoms with Crippen molar-refractivity contribution in [2.45, 2.75) is 42.7 Å². The lowest BCUT2D eigenvalue weighted by Crippen LogP contribution is -2.49. The van der Waals surface area contributed by atoms with Crippen molar-refractivity contribution in [3.63, 3.8) is 0 Å². The van der Waals surface area contributed by atoms with E-state index in [2.05, 4.69) is 4.74 Å². The van der Waals surface area contributed by atoms with Crippen molar-refractivity contribution < 1.29 is 29.5 Å². The molecule has 3 aliphatic heterocycles. The maximum Gasteiger partial charge on any atom is 0.250 e. The van der Waals surface area contributed by atoms with Gasteiger partial charge in [0.1, 0.15) is 5.60 Å². The monoisotopic (exact) mass is 218 g/mol. The average molecular weight is 218 g/mol.